The van der Waals surface area contributed by atoms with Gasteiger partial charge in [0, 0.05) is 12.5 Å². The predicted molar refractivity (Wildman–Crippen MR) is 78.3 cm³/mol. The number of aromatic nitrogens is 1. The molecule has 0 saturated carbocycles. The number of ether oxygens (including phenoxy) is 1. The SMILES string of the molecule is COC(=O)c1sc(NC(C)CCc2ccco2)nc1C. The number of esters is 1. The second-order valence-electron chi connectivity index (χ2n) is 4.59. The minimum Gasteiger partial charge on any atom is -0.469 e. The normalized spacial score (nSPS) is 12.2. The summed E-state index contributed by atoms with van der Waals surface area (Å²) in [4.78, 5) is 16.4. The van der Waals surface area contributed by atoms with Gasteiger partial charge in [-0.05, 0) is 32.4 Å². The molecule has 2 heterocycles. The van der Waals surface area contributed by atoms with E-state index < -0.39 is 0 Å². The van der Waals surface area contributed by atoms with Gasteiger partial charge < -0.3 is 14.5 Å². The van der Waals surface area contributed by atoms with Crippen molar-refractivity contribution in [2.75, 3.05) is 12.4 Å². The van der Waals surface area contributed by atoms with Gasteiger partial charge in [-0.3, -0.25) is 0 Å². The number of anilines is 1. The number of carbonyl (C=O) groups is 1. The molecule has 0 fully saturated rings. The lowest BCUT2D eigenvalue weighted by molar-refractivity contribution is 0.0605. The molecule has 0 spiro atoms. The summed E-state index contributed by atoms with van der Waals surface area (Å²) in [5, 5.41) is 4.05. The fraction of sp³-hybridized carbons (Fsp3) is 0.429. The van der Waals surface area contributed by atoms with Gasteiger partial charge in [0.25, 0.3) is 0 Å². The summed E-state index contributed by atoms with van der Waals surface area (Å²) in [5.74, 6) is 0.639. The van der Waals surface area contributed by atoms with E-state index in [1.165, 1.54) is 18.4 Å². The monoisotopic (exact) mass is 294 g/mol. The molecule has 2 rings (SSSR count). The van der Waals surface area contributed by atoms with Crippen LogP contribution < -0.4 is 5.32 Å². The van der Waals surface area contributed by atoms with Crippen molar-refractivity contribution in [1.29, 1.82) is 0 Å². The molecule has 1 unspecified atom stereocenters. The Kier molecular flexibility index (Phi) is 4.79. The van der Waals surface area contributed by atoms with Crippen LogP contribution in [0.5, 0.6) is 0 Å². The molecule has 0 aliphatic heterocycles. The van der Waals surface area contributed by atoms with Crippen molar-refractivity contribution in [1.82, 2.24) is 4.98 Å². The van der Waals surface area contributed by atoms with E-state index in [0.717, 1.165) is 23.7 Å². The molecule has 1 atom stereocenters. The van der Waals surface area contributed by atoms with E-state index in [2.05, 4.69) is 17.2 Å². The lowest BCUT2D eigenvalue weighted by Crippen LogP contribution is -2.15. The maximum Gasteiger partial charge on any atom is 0.350 e. The Bertz CT molecular complexity index is 563. The summed E-state index contributed by atoms with van der Waals surface area (Å²) in [6.45, 7) is 3.89. The zero-order valence-electron chi connectivity index (χ0n) is 11.8. The molecule has 1 N–H and O–H groups in total. The molecule has 108 valence electrons. The molecule has 5 nitrogen and oxygen atoms in total. The smallest absolute Gasteiger partial charge is 0.350 e. The lowest BCUT2D eigenvalue weighted by atomic mass is 10.1. The Labute approximate surface area is 122 Å². The fourth-order valence-corrected chi connectivity index (χ4v) is 2.83. The third kappa shape index (κ3) is 3.60. The predicted octanol–water partition coefficient (Wildman–Crippen LogP) is 3.26. The van der Waals surface area contributed by atoms with Crippen molar-refractivity contribution >= 4 is 22.4 Å². The number of aryl methyl sites for hydroxylation is 2. The van der Waals surface area contributed by atoms with Crippen LogP contribution in [0.2, 0.25) is 0 Å². The van der Waals surface area contributed by atoms with E-state index in [-0.39, 0.29) is 12.0 Å². The van der Waals surface area contributed by atoms with Gasteiger partial charge in [-0.15, -0.1) is 0 Å². The first-order valence-electron chi connectivity index (χ1n) is 6.44. The van der Waals surface area contributed by atoms with Crippen LogP contribution in [0.1, 0.15) is 34.5 Å². The fourth-order valence-electron chi connectivity index (χ4n) is 1.84. The van der Waals surface area contributed by atoms with Crippen LogP contribution in [0.3, 0.4) is 0 Å². The molecular weight excluding hydrogens is 276 g/mol. The quantitative estimate of drug-likeness (QED) is 0.828. The van der Waals surface area contributed by atoms with Crippen LogP contribution in [0, 0.1) is 6.92 Å². The summed E-state index contributed by atoms with van der Waals surface area (Å²) >= 11 is 1.32. The summed E-state index contributed by atoms with van der Waals surface area (Å²) in [6, 6.07) is 4.10. The van der Waals surface area contributed by atoms with E-state index in [4.69, 9.17) is 9.15 Å². The van der Waals surface area contributed by atoms with Crippen molar-refractivity contribution in [3.8, 4) is 0 Å². The summed E-state index contributed by atoms with van der Waals surface area (Å²) in [5.41, 5.74) is 0.697. The van der Waals surface area contributed by atoms with Crippen LogP contribution in [-0.4, -0.2) is 24.1 Å². The molecule has 20 heavy (non-hydrogen) atoms. The highest BCUT2D eigenvalue weighted by atomic mass is 32.1. The van der Waals surface area contributed by atoms with E-state index >= 15 is 0 Å². The van der Waals surface area contributed by atoms with Crippen molar-refractivity contribution in [3.63, 3.8) is 0 Å². The topological polar surface area (TPSA) is 64.4 Å². The van der Waals surface area contributed by atoms with Crippen LogP contribution in [0.4, 0.5) is 5.13 Å². The summed E-state index contributed by atoms with van der Waals surface area (Å²) < 4.78 is 10.0. The maximum absolute atomic E-state index is 11.5. The Morgan fingerprint density at radius 1 is 1.60 bits per heavy atom. The van der Waals surface area contributed by atoms with E-state index in [1.807, 2.05) is 12.1 Å². The van der Waals surface area contributed by atoms with Crippen LogP contribution >= 0.6 is 11.3 Å². The summed E-state index contributed by atoms with van der Waals surface area (Å²) in [6.07, 6.45) is 3.48. The minimum atomic E-state index is -0.337. The molecule has 2 aromatic heterocycles. The first-order valence-corrected chi connectivity index (χ1v) is 7.26. The Morgan fingerprint density at radius 2 is 2.40 bits per heavy atom. The number of nitrogens with one attached hydrogen (secondary N) is 1. The van der Waals surface area contributed by atoms with E-state index in [1.54, 1.807) is 13.2 Å². The molecule has 2 aromatic rings. The van der Waals surface area contributed by atoms with Gasteiger partial charge in [0.05, 0.1) is 19.1 Å². The molecule has 0 amide bonds. The van der Waals surface area contributed by atoms with Crippen molar-refractivity contribution in [3.05, 3.63) is 34.7 Å². The molecule has 0 radical (unpaired) electrons. The van der Waals surface area contributed by atoms with Crippen LogP contribution in [-0.2, 0) is 11.2 Å². The first-order chi connectivity index (χ1) is 9.60. The average molecular weight is 294 g/mol. The molecule has 0 aliphatic carbocycles. The number of thiazole rings is 1. The number of rotatable bonds is 6. The second kappa shape index (κ2) is 6.56. The van der Waals surface area contributed by atoms with Crippen molar-refractivity contribution in [2.24, 2.45) is 0 Å². The number of hydrogen-bond donors (Lipinski definition) is 1. The largest absolute Gasteiger partial charge is 0.469 e. The molecule has 0 bridgehead atoms. The highest BCUT2D eigenvalue weighted by molar-refractivity contribution is 7.17. The van der Waals surface area contributed by atoms with Gasteiger partial charge in [0.2, 0.25) is 0 Å². The number of carbonyl (C=O) groups excluding carboxylic acids is 1. The van der Waals surface area contributed by atoms with Crippen molar-refractivity contribution < 1.29 is 13.9 Å². The van der Waals surface area contributed by atoms with Gasteiger partial charge in [0.15, 0.2) is 5.13 Å². The Hall–Kier alpha value is -1.82. The zero-order valence-corrected chi connectivity index (χ0v) is 12.6. The number of hydrogen-bond acceptors (Lipinski definition) is 6. The number of furan rings is 1. The van der Waals surface area contributed by atoms with Gasteiger partial charge >= 0.3 is 5.97 Å². The van der Waals surface area contributed by atoms with E-state index in [0.29, 0.717) is 10.6 Å². The molecular formula is C14H18N2O3S. The third-order valence-electron chi connectivity index (χ3n) is 2.94. The Morgan fingerprint density at radius 3 is 3.05 bits per heavy atom. The highest BCUT2D eigenvalue weighted by Gasteiger charge is 2.16. The highest BCUT2D eigenvalue weighted by Crippen LogP contribution is 2.24. The number of nitrogens with zero attached hydrogens (tertiary/aromatic N) is 1. The Balaban J connectivity index is 1.91. The molecule has 0 aliphatic rings. The van der Waals surface area contributed by atoms with Gasteiger partial charge in [0.1, 0.15) is 10.6 Å². The third-order valence-corrected chi connectivity index (χ3v) is 4.01. The van der Waals surface area contributed by atoms with Crippen LogP contribution in [0.25, 0.3) is 0 Å². The first kappa shape index (κ1) is 14.6. The lowest BCUT2D eigenvalue weighted by Gasteiger charge is -2.11. The van der Waals surface area contributed by atoms with Gasteiger partial charge in [-0.2, -0.15) is 0 Å². The van der Waals surface area contributed by atoms with Crippen molar-refractivity contribution in [2.45, 2.75) is 32.7 Å². The average Bonchev–Trinajstić information content (AvgIpc) is 3.05. The molecule has 6 heteroatoms. The number of methoxy groups -OCH3 is 1. The summed E-state index contributed by atoms with van der Waals surface area (Å²) in [7, 11) is 1.38. The van der Waals surface area contributed by atoms with Crippen LogP contribution in [0.15, 0.2) is 22.8 Å². The van der Waals surface area contributed by atoms with E-state index in [9.17, 15) is 4.79 Å². The second-order valence-corrected chi connectivity index (χ2v) is 5.59. The standard InChI is InChI=1S/C14H18N2O3S/c1-9(6-7-11-5-4-8-19-11)15-14-16-10(2)12(20-14)13(17)18-3/h4-5,8-9H,6-7H2,1-3H3,(H,15,16). The zero-order chi connectivity index (χ0) is 14.5. The molecule has 0 saturated heterocycles. The maximum atomic E-state index is 11.5. The molecule has 0 aromatic carbocycles. The minimum absolute atomic E-state index is 0.246. The van der Waals surface area contributed by atoms with Gasteiger partial charge in [-0.25, -0.2) is 9.78 Å². The van der Waals surface area contributed by atoms with Gasteiger partial charge in [-0.1, -0.05) is 11.3 Å².